The molecule has 0 saturated heterocycles. The standard InChI is InChI=1S/C13H13N3O/c1-3-10-15-11-8-6-4-5-7-9(8)17-12(11)13(14-2)16-10/h4-7H,3H2,1-2H3,(H,14,15,16)/p+1. The third kappa shape index (κ3) is 1.49. The molecule has 0 aliphatic rings. The molecule has 4 heteroatoms. The first-order valence-electron chi connectivity index (χ1n) is 5.81. The van der Waals surface area contributed by atoms with Gasteiger partial charge in [0.15, 0.2) is 0 Å². The minimum atomic E-state index is 0.783. The van der Waals surface area contributed by atoms with Gasteiger partial charge in [-0.15, -0.1) is 0 Å². The summed E-state index contributed by atoms with van der Waals surface area (Å²) in [6.45, 7) is 2.06. The largest absolute Gasteiger partial charge is 0.446 e. The van der Waals surface area contributed by atoms with Gasteiger partial charge in [0, 0.05) is 11.8 Å². The van der Waals surface area contributed by atoms with Gasteiger partial charge in [-0.2, -0.15) is 4.98 Å². The van der Waals surface area contributed by atoms with Gasteiger partial charge in [-0.25, -0.2) is 4.98 Å². The van der Waals surface area contributed by atoms with Crippen LogP contribution in [0.2, 0.25) is 0 Å². The van der Waals surface area contributed by atoms with Crippen LogP contribution < -0.4 is 5.32 Å². The molecule has 0 aliphatic carbocycles. The summed E-state index contributed by atoms with van der Waals surface area (Å²) in [6.07, 6.45) is 0.830. The molecular formula is C13H14N3O+. The molecular weight excluding hydrogens is 214 g/mol. The zero-order chi connectivity index (χ0) is 11.8. The second kappa shape index (κ2) is 3.82. The van der Waals surface area contributed by atoms with Crippen LogP contribution in [0.15, 0.2) is 28.7 Å². The van der Waals surface area contributed by atoms with Crippen LogP contribution in [0.3, 0.4) is 0 Å². The van der Waals surface area contributed by atoms with Crippen molar-refractivity contribution in [2.45, 2.75) is 13.3 Å². The van der Waals surface area contributed by atoms with Gasteiger partial charge in [0.25, 0.3) is 5.82 Å². The monoisotopic (exact) mass is 228 g/mol. The lowest BCUT2D eigenvalue weighted by molar-refractivity contribution is -0.542. The lowest BCUT2D eigenvalue weighted by Gasteiger charge is -1.98. The molecule has 1 aromatic carbocycles. The first-order valence-corrected chi connectivity index (χ1v) is 5.81. The Morgan fingerprint density at radius 2 is 2.06 bits per heavy atom. The average molecular weight is 228 g/mol. The summed E-state index contributed by atoms with van der Waals surface area (Å²) in [7, 11) is 1.97. The summed E-state index contributed by atoms with van der Waals surface area (Å²) < 4.78 is 5.82. The summed E-state index contributed by atoms with van der Waals surface area (Å²) in [6, 6.07) is 7.96. The summed E-state index contributed by atoms with van der Waals surface area (Å²) in [5.41, 5.74) is 2.57. The number of fused-ring (bicyclic) bond motifs is 3. The molecule has 0 atom stereocenters. The minimum Gasteiger partial charge on any atom is -0.446 e. The second-order valence-electron chi connectivity index (χ2n) is 3.94. The highest BCUT2D eigenvalue weighted by molar-refractivity contribution is 6.04. The Bertz CT molecular complexity index is 688. The van der Waals surface area contributed by atoms with Crippen LogP contribution in [-0.4, -0.2) is 17.0 Å². The maximum atomic E-state index is 5.82. The predicted molar refractivity (Wildman–Crippen MR) is 66.2 cm³/mol. The summed E-state index contributed by atoms with van der Waals surface area (Å²) in [5.74, 6) is 1.74. The van der Waals surface area contributed by atoms with Crippen LogP contribution in [0, 0.1) is 0 Å². The van der Waals surface area contributed by atoms with Gasteiger partial charge in [-0.3, -0.25) is 5.32 Å². The first kappa shape index (κ1) is 10.2. The second-order valence-corrected chi connectivity index (χ2v) is 3.94. The highest BCUT2D eigenvalue weighted by Crippen LogP contribution is 2.29. The van der Waals surface area contributed by atoms with E-state index in [0.29, 0.717) is 0 Å². The summed E-state index contributed by atoms with van der Waals surface area (Å²) in [4.78, 5) is 9.04. The molecule has 0 bridgehead atoms. The van der Waals surface area contributed by atoms with Gasteiger partial charge in [-0.05, 0) is 12.1 Å². The molecule has 3 rings (SSSR count). The van der Waals surface area contributed by atoms with Crippen LogP contribution >= 0.6 is 0 Å². The van der Waals surface area contributed by atoms with Crippen molar-refractivity contribution in [3.05, 3.63) is 30.1 Å². The number of hydrogen-bond acceptors (Lipinski definition) is 3. The van der Waals surface area contributed by atoms with E-state index in [1.54, 1.807) is 0 Å². The van der Waals surface area contributed by atoms with E-state index in [2.05, 4.69) is 16.9 Å². The molecule has 0 radical (unpaired) electrons. The number of aromatic nitrogens is 2. The summed E-state index contributed by atoms with van der Waals surface area (Å²) in [5, 5.41) is 3.02. The van der Waals surface area contributed by atoms with Crippen LogP contribution in [0.25, 0.3) is 22.1 Å². The number of para-hydroxylation sites is 1. The third-order valence-corrected chi connectivity index (χ3v) is 2.88. The van der Waals surface area contributed by atoms with Gasteiger partial charge in [-0.1, -0.05) is 19.1 Å². The van der Waals surface area contributed by atoms with Crippen molar-refractivity contribution in [1.82, 2.24) is 9.97 Å². The fourth-order valence-electron chi connectivity index (χ4n) is 2.01. The van der Waals surface area contributed by atoms with Crippen molar-refractivity contribution >= 4 is 27.9 Å². The predicted octanol–water partition coefficient (Wildman–Crippen LogP) is 1.76. The zero-order valence-corrected chi connectivity index (χ0v) is 9.90. The maximum Gasteiger partial charge on any atom is 0.271 e. The maximum absolute atomic E-state index is 5.82. The molecule has 2 aromatic heterocycles. The van der Waals surface area contributed by atoms with E-state index in [1.165, 1.54) is 0 Å². The van der Waals surface area contributed by atoms with E-state index in [0.717, 1.165) is 40.1 Å². The summed E-state index contributed by atoms with van der Waals surface area (Å²) >= 11 is 0. The van der Waals surface area contributed by atoms with Crippen LogP contribution in [0.1, 0.15) is 12.7 Å². The number of rotatable bonds is 2. The van der Waals surface area contributed by atoms with Gasteiger partial charge in [0.2, 0.25) is 5.58 Å². The quantitative estimate of drug-likeness (QED) is 0.727. The van der Waals surface area contributed by atoms with E-state index >= 15 is 0 Å². The van der Waals surface area contributed by atoms with Crippen LogP contribution in [0.4, 0.5) is 5.82 Å². The number of aryl methyl sites for hydroxylation is 1. The molecule has 2 heterocycles. The number of hydrogen-bond donors (Lipinski definition) is 1. The lowest BCUT2D eigenvalue weighted by atomic mass is 10.2. The van der Waals surface area contributed by atoms with E-state index < -0.39 is 0 Å². The molecule has 0 fully saturated rings. The van der Waals surface area contributed by atoms with Gasteiger partial charge in [0.05, 0.1) is 7.05 Å². The van der Waals surface area contributed by atoms with Crippen molar-refractivity contribution in [2.24, 2.45) is 0 Å². The first-order chi connectivity index (χ1) is 8.33. The molecule has 17 heavy (non-hydrogen) atoms. The van der Waals surface area contributed by atoms with Crippen molar-refractivity contribution in [1.29, 1.82) is 0 Å². The molecule has 3 aromatic rings. The van der Waals surface area contributed by atoms with Crippen LogP contribution in [0.5, 0.6) is 0 Å². The Hall–Kier alpha value is -1.94. The number of benzene rings is 1. The fraction of sp³-hybridized carbons (Fsp3) is 0.231. The van der Waals surface area contributed by atoms with Gasteiger partial charge < -0.3 is 4.42 Å². The molecule has 0 amide bonds. The number of nitrogens with zero attached hydrogens (tertiary/aromatic N) is 2. The molecule has 2 N–H and O–H groups in total. The Morgan fingerprint density at radius 1 is 1.24 bits per heavy atom. The number of quaternary nitrogens is 1. The highest BCUT2D eigenvalue weighted by atomic mass is 16.3. The smallest absolute Gasteiger partial charge is 0.271 e. The Kier molecular flexibility index (Phi) is 2.30. The highest BCUT2D eigenvalue weighted by Gasteiger charge is 2.16. The molecule has 0 unspecified atom stereocenters. The van der Waals surface area contributed by atoms with E-state index in [-0.39, 0.29) is 0 Å². The fourth-order valence-corrected chi connectivity index (χ4v) is 2.01. The molecule has 0 spiro atoms. The molecule has 0 aliphatic heterocycles. The van der Waals surface area contributed by atoms with Crippen molar-refractivity contribution in [3.63, 3.8) is 0 Å². The normalized spacial score (nSPS) is 11.4. The van der Waals surface area contributed by atoms with Crippen LogP contribution in [-0.2, 0) is 6.42 Å². The third-order valence-electron chi connectivity index (χ3n) is 2.88. The van der Waals surface area contributed by atoms with Gasteiger partial charge in [0.1, 0.15) is 16.9 Å². The van der Waals surface area contributed by atoms with Crippen molar-refractivity contribution < 1.29 is 9.73 Å². The molecule has 0 saturated carbocycles. The topological polar surface area (TPSA) is 55.5 Å². The Labute approximate surface area is 98.7 Å². The van der Waals surface area contributed by atoms with E-state index in [4.69, 9.17) is 4.42 Å². The minimum absolute atomic E-state index is 0.783. The van der Waals surface area contributed by atoms with E-state index in [9.17, 15) is 0 Å². The van der Waals surface area contributed by atoms with Crippen molar-refractivity contribution in [2.75, 3.05) is 7.05 Å². The molecule has 86 valence electrons. The van der Waals surface area contributed by atoms with Gasteiger partial charge >= 0.3 is 0 Å². The SMILES string of the molecule is CCc1nc([NH2+]C)c2oc3ccccc3c2n1. The van der Waals surface area contributed by atoms with E-state index in [1.807, 2.05) is 36.6 Å². The molecule has 4 nitrogen and oxygen atoms in total. The number of furan rings is 1. The number of nitrogens with two attached hydrogens (primary N) is 1. The Morgan fingerprint density at radius 3 is 2.82 bits per heavy atom. The zero-order valence-electron chi connectivity index (χ0n) is 9.90. The lowest BCUT2D eigenvalue weighted by Crippen LogP contribution is -2.73. The van der Waals surface area contributed by atoms with Crippen molar-refractivity contribution in [3.8, 4) is 0 Å². The Balaban J connectivity index is 2.47. The average Bonchev–Trinajstić information content (AvgIpc) is 2.76.